The fourth-order valence-corrected chi connectivity index (χ4v) is 6.45. The third kappa shape index (κ3) is 7.58. The van der Waals surface area contributed by atoms with Crippen LogP contribution in [0.3, 0.4) is 0 Å². The van der Waals surface area contributed by atoms with Gasteiger partial charge < -0.3 is 29.9 Å². The Morgan fingerprint density at radius 2 is 1.68 bits per heavy atom. The summed E-state index contributed by atoms with van der Waals surface area (Å²) in [6.45, 7) is 7.79. The summed E-state index contributed by atoms with van der Waals surface area (Å²) in [5.41, 5.74) is 3.77. The van der Waals surface area contributed by atoms with Gasteiger partial charge in [0, 0.05) is 44.8 Å². The van der Waals surface area contributed by atoms with E-state index in [1.807, 2.05) is 42.5 Å². The number of nitrogens with zero attached hydrogens (tertiary/aromatic N) is 5. The van der Waals surface area contributed by atoms with Crippen LogP contribution in [0.2, 0.25) is 0 Å². The van der Waals surface area contributed by atoms with Gasteiger partial charge >= 0.3 is 6.03 Å². The number of benzene rings is 3. The van der Waals surface area contributed by atoms with Gasteiger partial charge in [0.15, 0.2) is 0 Å². The number of ether oxygens (including phenoxy) is 1. The summed E-state index contributed by atoms with van der Waals surface area (Å²) >= 11 is 0. The van der Waals surface area contributed by atoms with E-state index in [1.165, 1.54) is 0 Å². The minimum absolute atomic E-state index is 0. The number of rotatable bonds is 9. The van der Waals surface area contributed by atoms with Gasteiger partial charge in [-0.1, -0.05) is 68.1 Å². The van der Waals surface area contributed by atoms with Crippen LogP contribution in [0.25, 0.3) is 0 Å². The highest BCUT2D eigenvalue weighted by Crippen LogP contribution is 2.30. The van der Waals surface area contributed by atoms with Gasteiger partial charge in [-0.2, -0.15) is 0 Å². The molecule has 3 aliphatic rings. The highest BCUT2D eigenvalue weighted by Gasteiger charge is 2.51. The summed E-state index contributed by atoms with van der Waals surface area (Å²) < 4.78 is 5.52. The van der Waals surface area contributed by atoms with Crippen molar-refractivity contribution in [1.29, 1.82) is 0 Å². The molecule has 3 saturated heterocycles. The Morgan fingerprint density at radius 1 is 0.957 bits per heavy atom. The second kappa shape index (κ2) is 15.1. The average Bonchev–Trinajstić information content (AvgIpc) is 3.07. The summed E-state index contributed by atoms with van der Waals surface area (Å²) in [6, 6.07) is 23.2. The number of carbonyl (C=O) groups is 3. The smallest absolute Gasteiger partial charge is 0.334 e. The quantitative estimate of drug-likeness (QED) is 0.344. The zero-order chi connectivity index (χ0) is 32.0. The molecule has 6 rings (SSSR count). The lowest BCUT2D eigenvalue weighted by Gasteiger charge is -2.55. The van der Waals surface area contributed by atoms with E-state index in [1.54, 1.807) is 50.2 Å². The summed E-state index contributed by atoms with van der Waals surface area (Å²) in [6.07, 6.45) is 1.17. The molecule has 2 N–H and O–H groups in total. The number of anilines is 1. The maximum atomic E-state index is 14.3. The predicted molar refractivity (Wildman–Crippen MR) is 180 cm³/mol. The normalized spacial score (nSPS) is 20.0. The van der Waals surface area contributed by atoms with Gasteiger partial charge in [-0.15, -0.1) is 6.58 Å². The number of fused-ring (bicyclic) bond motifs is 1. The van der Waals surface area contributed by atoms with Crippen LogP contribution in [-0.2, 0) is 33.8 Å². The molecular weight excluding hydrogens is 596 g/mol. The molecule has 0 bridgehead atoms. The van der Waals surface area contributed by atoms with E-state index in [0.717, 1.165) is 35.5 Å². The third-order valence-electron chi connectivity index (χ3n) is 8.69. The van der Waals surface area contributed by atoms with Crippen molar-refractivity contribution in [3.05, 3.63) is 108 Å². The van der Waals surface area contributed by atoms with Crippen LogP contribution < -0.4 is 10.2 Å². The zero-order valence-corrected chi connectivity index (χ0v) is 25.8. The minimum Gasteiger partial charge on any atom is -0.508 e. The SMILES string of the molecule is C.C=CCN1CC(=O)N2[C@@H](Cc3ccc(O)cc3)C(=O)N(Cc3cccc(N4CCOCC4)c3)C[C@@H]2N1C(=O)NCc1ccccc1. The molecule has 0 saturated carbocycles. The van der Waals surface area contributed by atoms with Crippen LogP contribution in [0.1, 0.15) is 24.1 Å². The molecule has 0 radical (unpaired) electrons. The monoisotopic (exact) mass is 640 g/mol. The van der Waals surface area contributed by atoms with Crippen LogP contribution >= 0.6 is 0 Å². The number of hydrogen-bond acceptors (Lipinski definition) is 7. The van der Waals surface area contributed by atoms with Gasteiger partial charge in [0.05, 0.1) is 26.3 Å². The molecule has 2 atom stereocenters. The first kappa shape index (κ1) is 33.5. The first-order valence-electron chi connectivity index (χ1n) is 15.7. The third-order valence-corrected chi connectivity index (χ3v) is 8.69. The van der Waals surface area contributed by atoms with Crippen molar-refractivity contribution >= 4 is 23.5 Å². The second-order valence-corrected chi connectivity index (χ2v) is 11.8. The molecule has 3 heterocycles. The van der Waals surface area contributed by atoms with Gasteiger partial charge in [0.25, 0.3) is 0 Å². The molecular formula is C36H44N6O5. The number of phenolic OH excluding ortho intramolecular Hbond substituents is 1. The van der Waals surface area contributed by atoms with E-state index in [9.17, 15) is 19.5 Å². The number of nitrogens with one attached hydrogen (secondary N) is 1. The Kier molecular flexibility index (Phi) is 10.8. The van der Waals surface area contributed by atoms with E-state index < -0.39 is 12.2 Å². The maximum Gasteiger partial charge on any atom is 0.334 e. The molecule has 3 aromatic carbocycles. The maximum absolute atomic E-state index is 14.3. The van der Waals surface area contributed by atoms with E-state index in [4.69, 9.17) is 4.74 Å². The summed E-state index contributed by atoms with van der Waals surface area (Å²) in [7, 11) is 0. The Bertz CT molecular complexity index is 1540. The van der Waals surface area contributed by atoms with Gasteiger partial charge in [0.2, 0.25) is 11.8 Å². The van der Waals surface area contributed by atoms with Gasteiger partial charge in [0.1, 0.15) is 18.0 Å². The van der Waals surface area contributed by atoms with Crippen molar-refractivity contribution in [3.63, 3.8) is 0 Å². The summed E-state index contributed by atoms with van der Waals surface area (Å²) in [5, 5.41) is 16.2. The van der Waals surface area contributed by atoms with Gasteiger partial charge in [-0.05, 0) is 41.0 Å². The fraction of sp³-hybridized carbons (Fsp3) is 0.361. The number of phenols is 1. The molecule has 4 amide bonds. The van der Waals surface area contributed by atoms with Crippen LogP contribution in [0.5, 0.6) is 5.75 Å². The van der Waals surface area contributed by atoms with Crippen LogP contribution in [-0.4, -0.2) is 101 Å². The van der Waals surface area contributed by atoms with E-state index in [0.29, 0.717) is 26.3 Å². The molecule has 0 spiro atoms. The lowest BCUT2D eigenvalue weighted by atomic mass is 9.98. The number of piperazine rings is 1. The second-order valence-electron chi connectivity index (χ2n) is 11.8. The number of hydrazine groups is 1. The number of hydrogen-bond donors (Lipinski definition) is 2. The first-order valence-corrected chi connectivity index (χ1v) is 15.7. The standard InChI is InChI=1S/C35H40N6O5.CH4/c1-2-15-39-25-33(43)40-31(21-26-11-13-30(42)14-12-26)34(44)38(23-28-9-6-10-29(20-28)37-16-18-46-19-17-37)24-32(40)41(39)35(45)36-22-27-7-4-3-5-8-27;/h2-14,20,31-32,42H,1,15-19,21-25H2,(H,36,45);1H4/t31-,32-;/m0./s1. The molecule has 3 fully saturated rings. The van der Waals surface area contributed by atoms with Crippen LogP contribution in [0.4, 0.5) is 10.5 Å². The number of morpholine rings is 1. The molecule has 0 unspecified atom stereocenters. The van der Waals surface area contributed by atoms with Crippen molar-refractivity contribution in [3.8, 4) is 5.75 Å². The fourth-order valence-electron chi connectivity index (χ4n) is 6.45. The predicted octanol–water partition coefficient (Wildman–Crippen LogP) is 3.60. The first-order chi connectivity index (χ1) is 22.4. The molecule has 11 nitrogen and oxygen atoms in total. The zero-order valence-electron chi connectivity index (χ0n) is 25.8. The molecule has 11 heteroatoms. The van der Waals surface area contributed by atoms with Gasteiger partial charge in [-0.25, -0.2) is 14.8 Å². The Hall–Kier alpha value is -4.87. The van der Waals surface area contributed by atoms with Crippen molar-refractivity contribution in [2.45, 2.75) is 39.1 Å². The molecule has 0 aliphatic carbocycles. The van der Waals surface area contributed by atoms with Crippen LogP contribution in [0, 0.1) is 0 Å². The highest BCUT2D eigenvalue weighted by atomic mass is 16.5. The molecule has 47 heavy (non-hydrogen) atoms. The van der Waals surface area contributed by atoms with Gasteiger partial charge in [-0.3, -0.25) is 9.59 Å². The van der Waals surface area contributed by atoms with Crippen molar-refractivity contribution in [2.24, 2.45) is 0 Å². The van der Waals surface area contributed by atoms with Crippen molar-refractivity contribution in [1.82, 2.24) is 25.1 Å². The van der Waals surface area contributed by atoms with Crippen LogP contribution in [0.15, 0.2) is 91.5 Å². The van der Waals surface area contributed by atoms with E-state index in [-0.39, 0.29) is 57.1 Å². The molecule has 0 aromatic heterocycles. The van der Waals surface area contributed by atoms with E-state index >= 15 is 0 Å². The summed E-state index contributed by atoms with van der Waals surface area (Å²) in [5.74, 6) is -0.296. The lowest BCUT2D eigenvalue weighted by Crippen LogP contribution is -2.76. The highest BCUT2D eigenvalue weighted by molar-refractivity contribution is 5.91. The Morgan fingerprint density at radius 3 is 2.40 bits per heavy atom. The minimum atomic E-state index is -0.839. The number of amides is 4. The van der Waals surface area contributed by atoms with Crippen molar-refractivity contribution in [2.75, 3.05) is 50.8 Å². The molecule has 3 aromatic rings. The Labute approximate surface area is 276 Å². The molecule has 248 valence electrons. The summed E-state index contributed by atoms with van der Waals surface area (Å²) in [4.78, 5) is 47.6. The topological polar surface area (TPSA) is 109 Å². The lowest BCUT2D eigenvalue weighted by molar-refractivity contribution is -0.189. The molecule has 3 aliphatic heterocycles. The van der Waals surface area contributed by atoms with Crippen molar-refractivity contribution < 1.29 is 24.2 Å². The van der Waals surface area contributed by atoms with E-state index in [2.05, 4.69) is 28.9 Å². The Balaban J connectivity index is 0.00000433. The number of urea groups is 1. The largest absolute Gasteiger partial charge is 0.508 e. The number of carbonyl (C=O) groups excluding carboxylic acids is 3. The average molecular weight is 641 g/mol. The number of aromatic hydroxyl groups is 1.